The lowest BCUT2D eigenvalue weighted by Gasteiger charge is -2.24. The van der Waals surface area contributed by atoms with E-state index in [0.29, 0.717) is 70.6 Å². The fourth-order valence-electron chi connectivity index (χ4n) is 5.42. The van der Waals surface area contributed by atoms with E-state index in [-0.39, 0.29) is 27.8 Å². The van der Waals surface area contributed by atoms with Crippen molar-refractivity contribution in [3.8, 4) is 23.0 Å². The number of ketones is 1. The maximum absolute atomic E-state index is 14.2. The molecule has 0 bridgehead atoms. The van der Waals surface area contributed by atoms with Gasteiger partial charge in [-0.05, 0) is 60.9 Å². The number of hydrogen-bond donors (Lipinski definition) is 1. The normalized spacial score (nSPS) is 16.7. The number of carbonyl (C=O) groups is 2. The van der Waals surface area contributed by atoms with E-state index in [1.807, 2.05) is 6.92 Å². The monoisotopic (exact) mass is 691 g/mol. The first-order chi connectivity index (χ1) is 23.4. The zero-order valence-electron chi connectivity index (χ0n) is 26.4. The Morgan fingerprint density at radius 2 is 1.81 bits per heavy atom. The molecule has 4 aromatic rings. The molecule has 1 N–H and O–H groups in total. The van der Waals surface area contributed by atoms with Crippen LogP contribution in [0.2, 0.25) is 0 Å². The van der Waals surface area contributed by atoms with E-state index in [1.54, 1.807) is 54.6 Å². The molecule has 0 saturated carbocycles. The second-order valence-corrected chi connectivity index (χ2v) is 13.1. The van der Waals surface area contributed by atoms with Crippen molar-refractivity contribution in [2.24, 2.45) is 0 Å². The molecule has 1 fully saturated rings. The maximum Gasteiger partial charge on any atom is 0.301 e. The van der Waals surface area contributed by atoms with Gasteiger partial charge in [-0.3, -0.25) is 14.5 Å². The van der Waals surface area contributed by atoms with Gasteiger partial charge in [0.15, 0.2) is 27.3 Å². The van der Waals surface area contributed by atoms with Gasteiger partial charge in [-0.25, -0.2) is 4.39 Å². The smallest absolute Gasteiger partial charge is 0.301 e. The SMILES string of the molecule is CCCCCOc1ccc(C2/C(=C(/O)c3ccc4c(c3)OCCO4)C(=O)C(=O)N2c2nnc(SCc3ccccc3F)s2)cc1OCC. The lowest BCUT2D eigenvalue weighted by Crippen LogP contribution is -2.29. The lowest BCUT2D eigenvalue weighted by molar-refractivity contribution is -0.132. The number of anilines is 1. The Labute approximate surface area is 285 Å². The summed E-state index contributed by atoms with van der Waals surface area (Å²) in [6.45, 7) is 5.56. The number of fused-ring (bicyclic) bond motifs is 1. The number of thioether (sulfide) groups is 1. The number of halogens is 1. The van der Waals surface area contributed by atoms with E-state index in [2.05, 4.69) is 17.1 Å². The minimum Gasteiger partial charge on any atom is -0.507 e. The van der Waals surface area contributed by atoms with Crippen molar-refractivity contribution in [3.05, 3.63) is 88.7 Å². The van der Waals surface area contributed by atoms with Crippen LogP contribution in [0.25, 0.3) is 5.76 Å². The van der Waals surface area contributed by atoms with Gasteiger partial charge < -0.3 is 24.1 Å². The molecule has 3 aromatic carbocycles. The lowest BCUT2D eigenvalue weighted by atomic mass is 9.95. The summed E-state index contributed by atoms with van der Waals surface area (Å²) in [5, 5.41) is 20.3. The summed E-state index contributed by atoms with van der Waals surface area (Å²) >= 11 is 2.36. The number of amides is 1. The summed E-state index contributed by atoms with van der Waals surface area (Å²) in [5.41, 5.74) is 1.14. The summed E-state index contributed by atoms with van der Waals surface area (Å²) in [5.74, 6) is -0.278. The maximum atomic E-state index is 14.2. The van der Waals surface area contributed by atoms with Crippen LogP contribution in [0.4, 0.5) is 9.52 Å². The number of aliphatic hydroxyl groups excluding tert-OH is 1. The third kappa shape index (κ3) is 6.97. The topological polar surface area (TPSA) is 120 Å². The summed E-state index contributed by atoms with van der Waals surface area (Å²) < 4.78 is 38.0. The highest BCUT2D eigenvalue weighted by Gasteiger charge is 2.48. The Hall–Kier alpha value is -4.62. The molecule has 2 aliphatic heterocycles. The summed E-state index contributed by atoms with van der Waals surface area (Å²) in [4.78, 5) is 28.8. The van der Waals surface area contributed by atoms with E-state index in [4.69, 9.17) is 18.9 Å². The molecule has 48 heavy (non-hydrogen) atoms. The molecule has 1 amide bonds. The molecular formula is C35H34FN3O7S2. The predicted molar refractivity (Wildman–Crippen MR) is 181 cm³/mol. The number of ether oxygens (including phenoxy) is 4. The van der Waals surface area contributed by atoms with Crippen molar-refractivity contribution < 1.29 is 38.0 Å². The van der Waals surface area contributed by atoms with Gasteiger partial charge in [0.1, 0.15) is 24.8 Å². The Morgan fingerprint density at radius 1 is 1.00 bits per heavy atom. The molecule has 0 radical (unpaired) electrons. The molecule has 1 atom stereocenters. The summed E-state index contributed by atoms with van der Waals surface area (Å²) in [6, 6.07) is 15.4. The van der Waals surface area contributed by atoms with Crippen molar-refractivity contribution in [1.82, 2.24) is 10.2 Å². The molecule has 10 nitrogen and oxygen atoms in total. The second kappa shape index (κ2) is 15.1. The van der Waals surface area contributed by atoms with Gasteiger partial charge in [0.05, 0.1) is 24.8 Å². The van der Waals surface area contributed by atoms with E-state index in [9.17, 15) is 19.1 Å². The third-order valence-electron chi connectivity index (χ3n) is 7.76. The van der Waals surface area contributed by atoms with Gasteiger partial charge in [0.2, 0.25) is 5.13 Å². The summed E-state index contributed by atoms with van der Waals surface area (Å²) in [6.07, 6.45) is 2.96. The molecule has 13 heteroatoms. The van der Waals surface area contributed by atoms with Crippen LogP contribution in [0.3, 0.4) is 0 Å². The zero-order chi connectivity index (χ0) is 33.6. The van der Waals surface area contributed by atoms with Crippen LogP contribution in [-0.2, 0) is 15.3 Å². The first-order valence-corrected chi connectivity index (χ1v) is 17.5. The molecular weight excluding hydrogens is 658 g/mol. The van der Waals surface area contributed by atoms with Gasteiger partial charge in [-0.2, -0.15) is 0 Å². The van der Waals surface area contributed by atoms with Crippen LogP contribution >= 0.6 is 23.1 Å². The number of aliphatic hydroxyl groups is 1. The highest BCUT2D eigenvalue weighted by molar-refractivity contribution is 8.00. The molecule has 6 rings (SSSR count). The Morgan fingerprint density at radius 3 is 2.60 bits per heavy atom. The van der Waals surface area contributed by atoms with Crippen molar-refractivity contribution >= 4 is 45.7 Å². The molecule has 250 valence electrons. The Balaban J connectivity index is 1.40. The molecule has 3 heterocycles. The minimum atomic E-state index is -1.08. The number of hydrogen-bond acceptors (Lipinski definition) is 11. The standard InChI is InChI=1S/C35H34FN3O7S2/c1-3-5-8-15-44-25-13-11-21(18-27(25)43-4-2)30-29(31(40)22-12-14-26-28(19-22)46-17-16-45-26)32(41)33(42)39(30)34-37-38-35(48-34)47-20-23-9-6-7-10-24(23)36/h6-7,9-14,18-19,30,40H,3-5,8,15-17,20H2,1-2H3/b31-29-. The van der Waals surface area contributed by atoms with Crippen LogP contribution in [-0.4, -0.2) is 53.4 Å². The number of carbonyl (C=O) groups excluding carboxylic acids is 2. The predicted octanol–water partition coefficient (Wildman–Crippen LogP) is 7.33. The molecule has 0 spiro atoms. The van der Waals surface area contributed by atoms with Crippen molar-refractivity contribution in [3.63, 3.8) is 0 Å². The number of aromatic nitrogens is 2. The quantitative estimate of drug-likeness (QED) is 0.0381. The average Bonchev–Trinajstić information content (AvgIpc) is 3.67. The minimum absolute atomic E-state index is 0.133. The van der Waals surface area contributed by atoms with Crippen LogP contribution in [0.5, 0.6) is 23.0 Å². The number of nitrogens with zero attached hydrogens (tertiary/aromatic N) is 3. The fourth-order valence-corrected chi connectivity index (χ4v) is 7.27. The van der Waals surface area contributed by atoms with E-state index in [1.165, 1.54) is 22.7 Å². The van der Waals surface area contributed by atoms with Gasteiger partial charge >= 0.3 is 5.91 Å². The first-order valence-electron chi connectivity index (χ1n) is 15.7. The summed E-state index contributed by atoms with van der Waals surface area (Å²) in [7, 11) is 0. The second-order valence-electron chi connectivity index (χ2n) is 11.0. The van der Waals surface area contributed by atoms with Gasteiger partial charge in [-0.1, -0.05) is 67.1 Å². The van der Waals surface area contributed by atoms with Crippen LogP contribution in [0.1, 0.15) is 55.8 Å². The van der Waals surface area contributed by atoms with Gasteiger partial charge in [-0.15, -0.1) is 10.2 Å². The number of unbranched alkanes of at least 4 members (excludes halogenated alkanes) is 2. The Bertz CT molecular complexity index is 1850. The molecule has 0 aliphatic carbocycles. The van der Waals surface area contributed by atoms with Crippen molar-refractivity contribution in [2.75, 3.05) is 31.3 Å². The van der Waals surface area contributed by atoms with Gasteiger partial charge in [0, 0.05) is 11.3 Å². The highest BCUT2D eigenvalue weighted by Crippen LogP contribution is 2.46. The first kappa shape index (κ1) is 33.3. The average molecular weight is 692 g/mol. The third-order valence-corrected chi connectivity index (χ3v) is 9.86. The van der Waals surface area contributed by atoms with Gasteiger partial charge in [0.25, 0.3) is 5.78 Å². The van der Waals surface area contributed by atoms with Crippen LogP contribution < -0.4 is 23.8 Å². The molecule has 1 aromatic heterocycles. The van der Waals surface area contributed by atoms with E-state index < -0.39 is 17.7 Å². The molecule has 2 aliphatic rings. The van der Waals surface area contributed by atoms with E-state index >= 15 is 0 Å². The number of benzene rings is 3. The Kier molecular flexibility index (Phi) is 10.5. The molecule has 1 unspecified atom stereocenters. The van der Waals surface area contributed by atoms with E-state index in [0.717, 1.165) is 30.6 Å². The van der Waals surface area contributed by atoms with Crippen LogP contribution in [0, 0.1) is 5.82 Å². The number of rotatable bonds is 13. The molecule has 1 saturated heterocycles. The van der Waals surface area contributed by atoms with Crippen molar-refractivity contribution in [2.45, 2.75) is 49.2 Å². The van der Waals surface area contributed by atoms with Crippen molar-refractivity contribution in [1.29, 1.82) is 0 Å². The largest absolute Gasteiger partial charge is 0.507 e. The zero-order valence-corrected chi connectivity index (χ0v) is 28.1. The highest BCUT2D eigenvalue weighted by atomic mass is 32.2. The number of Topliss-reactive ketones (excluding diaryl/α,β-unsaturated/α-hetero) is 1. The fraction of sp³-hybridized carbons (Fsp3) is 0.314. The van der Waals surface area contributed by atoms with Crippen LogP contribution in [0.15, 0.2) is 70.6 Å².